The van der Waals surface area contributed by atoms with Gasteiger partial charge in [-0.1, -0.05) is 5.16 Å². The summed E-state index contributed by atoms with van der Waals surface area (Å²) in [5, 5.41) is 7.95. The predicted octanol–water partition coefficient (Wildman–Crippen LogP) is 0.936. The van der Waals surface area contributed by atoms with E-state index in [4.69, 9.17) is 4.52 Å². The fraction of sp³-hybridized carbons (Fsp3) is 0.167. The molecule has 0 atom stereocenters. The third-order valence-corrected chi connectivity index (χ3v) is 3.87. The molecule has 0 aliphatic carbocycles. The summed E-state index contributed by atoms with van der Waals surface area (Å²) in [6.45, 7) is 0. The molecule has 0 unspecified atom stereocenters. The highest BCUT2D eigenvalue weighted by Crippen LogP contribution is 2.25. The van der Waals surface area contributed by atoms with Gasteiger partial charge in [-0.2, -0.15) is 10.1 Å². The van der Waals surface area contributed by atoms with Crippen LogP contribution in [-0.2, 0) is 16.9 Å². The van der Waals surface area contributed by atoms with Gasteiger partial charge in [0.15, 0.2) is 9.84 Å². The van der Waals surface area contributed by atoms with Crippen LogP contribution in [0.15, 0.2) is 40.0 Å². The zero-order valence-electron chi connectivity index (χ0n) is 11.3. The van der Waals surface area contributed by atoms with E-state index in [0.717, 1.165) is 6.26 Å². The van der Waals surface area contributed by atoms with Gasteiger partial charge in [-0.25, -0.2) is 13.4 Å². The van der Waals surface area contributed by atoms with Crippen LogP contribution in [0.25, 0.3) is 23.1 Å². The lowest BCUT2D eigenvalue weighted by molar-refractivity contribution is 0.429. The zero-order valence-corrected chi connectivity index (χ0v) is 12.1. The fourth-order valence-corrected chi connectivity index (χ4v) is 2.63. The average Bonchev–Trinajstić information content (AvgIpc) is 3.06. The number of hydrogen-bond donors (Lipinski definition) is 0. The Kier molecular flexibility index (Phi) is 3.05. The second kappa shape index (κ2) is 4.77. The molecule has 0 radical (unpaired) electrons. The number of nitrogens with zero attached hydrogens (tertiary/aromatic N) is 5. The minimum atomic E-state index is -3.44. The molecule has 0 saturated carbocycles. The van der Waals surface area contributed by atoms with Crippen molar-refractivity contribution in [2.24, 2.45) is 7.05 Å². The molecular weight excluding hydrogens is 294 g/mol. The molecule has 108 valence electrons. The van der Waals surface area contributed by atoms with Crippen molar-refractivity contribution in [1.82, 2.24) is 24.9 Å². The van der Waals surface area contributed by atoms with E-state index in [1.165, 1.54) is 18.3 Å². The first kappa shape index (κ1) is 13.4. The van der Waals surface area contributed by atoms with Crippen molar-refractivity contribution in [2.45, 2.75) is 4.90 Å². The number of hydrogen-bond acceptors (Lipinski definition) is 7. The van der Waals surface area contributed by atoms with Crippen LogP contribution < -0.4 is 0 Å². The molecule has 0 saturated heterocycles. The maximum absolute atomic E-state index is 11.8. The summed E-state index contributed by atoms with van der Waals surface area (Å²) in [4.78, 5) is 8.23. The first-order valence-electron chi connectivity index (χ1n) is 5.94. The predicted molar refractivity (Wildman–Crippen MR) is 72.8 cm³/mol. The Balaban J connectivity index is 2.09. The van der Waals surface area contributed by atoms with Gasteiger partial charge in [0.05, 0.1) is 4.90 Å². The van der Waals surface area contributed by atoms with Crippen molar-refractivity contribution in [3.05, 3.63) is 30.6 Å². The molecule has 3 aromatic rings. The van der Waals surface area contributed by atoms with E-state index in [0.29, 0.717) is 5.69 Å². The zero-order chi connectivity index (χ0) is 15.0. The molecule has 0 N–H and O–H groups in total. The van der Waals surface area contributed by atoms with Crippen LogP contribution in [0.5, 0.6) is 0 Å². The Morgan fingerprint density at radius 2 is 2.10 bits per heavy atom. The third-order valence-electron chi connectivity index (χ3n) is 2.74. The Bertz CT molecular complexity index is 897. The molecule has 9 heteroatoms. The highest BCUT2D eigenvalue weighted by Gasteiger charge is 2.21. The van der Waals surface area contributed by atoms with E-state index in [9.17, 15) is 8.42 Å². The van der Waals surface area contributed by atoms with Crippen molar-refractivity contribution >= 4 is 9.84 Å². The van der Waals surface area contributed by atoms with Crippen molar-refractivity contribution in [2.75, 3.05) is 6.26 Å². The number of aromatic nitrogens is 5. The van der Waals surface area contributed by atoms with Crippen molar-refractivity contribution in [3.8, 4) is 23.1 Å². The Hall–Kier alpha value is -2.55. The van der Waals surface area contributed by atoms with Gasteiger partial charge in [-0.15, -0.1) is 0 Å². The lowest BCUT2D eigenvalue weighted by atomic mass is 10.3. The number of aryl methyl sites for hydroxylation is 1. The summed E-state index contributed by atoms with van der Waals surface area (Å²) in [5.74, 6) is 0.312. The fourth-order valence-electron chi connectivity index (χ4n) is 1.81. The van der Waals surface area contributed by atoms with Gasteiger partial charge in [0.1, 0.15) is 11.4 Å². The topological polar surface area (TPSA) is 104 Å². The van der Waals surface area contributed by atoms with Gasteiger partial charge >= 0.3 is 0 Å². The van der Waals surface area contributed by atoms with Crippen LogP contribution in [0.3, 0.4) is 0 Å². The molecule has 3 aromatic heterocycles. The quantitative estimate of drug-likeness (QED) is 0.709. The molecule has 3 heterocycles. The van der Waals surface area contributed by atoms with Crippen LogP contribution in [0, 0.1) is 0 Å². The van der Waals surface area contributed by atoms with Crippen LogP contribution in [0.4, 0.5) is 0 Å². The molecule has 0 aliphatic heterocycles. The lowest BCUT2D eigenvalue weighted by Gasteiger charge is -2.01. The average molecular weight is 305 g/mol. The molecule has 0 aliphatic rings. The van der Waals surface area contributed by atoms with Crippen molar-refractivity contribution in [1.29, 1.82) is 0 Å². The summed E-state index contributed by atoms with van der Waals surface area (Å²) in [6.07, 6.45) is 4.31. The van der Waals surface area contributed by atoms with E-state index >= 15 is 0 Å². The molecule has 3 rings (SSSR count). The molecule has 8 nitrogen and oxygen atoms in total. The maximum atomic E-state index is 11.8. The van der Waals surface area contributed by atoms with E-state index < -0.39 is 9.84 Å². The standard InChI is InChI=1S/C12H11N5O3S/c1-17-7-5-8(15-17)11-14-12(20-16-11)10-9(21(2,18)19)4-3-6-13-10/h3-7H,1-2H3. The van der Waals surface area contributed by atoms with Gasteiger partial charge in [0.2, 0.25) is 5.82 Å². The van der Waals surface area contributed by atoms with E-state index in [1.54, 1.807) is 24.0 Å². The molecular formula is C12H11N5O3S. The highest BCUT2D eigenvalue weighted by molar-refractivity contribution is 7.90. The summed E-state index contributed by atoms with van der Waals surface area (Å²) < 4.78 is 30.2. The number of rotatable bonds is 3. The van der Waals surface area contributed by atoms with E-state index in [2.05, 4.69) is 20.2 Å². The lowest BCUT2D eigenvalue weighted by Crippen LogP contribution is -2.01. The normalized spacial score (nSPS) is 11.7. The van der Waals surface area contributed by atoms with E-state index in [1.807, 2.05) is 0 Å². The SMILES string of the molecule is Cn1ccc(-c2noc(-c3ncccc3S(C)(=O)=O)n2)n1. The Morgan fingerprint density at radius 1 is 1.29 bits per heavy atom. The second-order valence-corrected chi connectivity index (χ2v) is 6.40. The number of pyridine rings is 1. The molecule has 0 bridgehead atoms. The van der Waals surface area contributed by atoms with Gasteiger partial charge in [-0.3, -0.25) is 4.68 Å². The third kappa shape index (κ3) is 2.55. The molecule has 21 heavy (non-hydrogen) atoms. The molecule has 0 amide bonds. The van der Waals surface area contributed by atoms with Gasteiger partial charge in [0.25, 0.3) is 5.89 Å². The second-order valence-electron chi connectivity index (χ2n) is 4.42. The maximum Gasteiger partial charge on any atom is 0.278 e. The summed E-state index contributed by atoms with van der Waals surface area (Å²) in [5.41, 5.74) is 0.666. The largest absolute Gasteiger partial charge is 0.332 e. The Morgan fingerprint density at radius 3 is 2.76 bits per heavy atom. The van der Waals surface area contributed by atoms with Crippen molar-refractivity contribution in [3.63, 3.8) is 0 Å². The van der Waals surface area contributed by atoms with Crippen molar-refractivity contribution < 1.29 is 12.9 Å². The summed E-state index contributed by atoms with van der Waals surface area (Å²) in [7, 11) is -1.67. The van der Waals surface area contributed by atoms with Gasteiger partial charge < -0.3 is 4.52 Å². The van der Waals surface area contributed by atoms with Crippen LogP contribution >= 0.6 is 0 Å². The summed E-state index contributed by atoms with van der Waals surface area (Å²) in [6, 6.07) is 4.71. The minimum absolute atomic E-state index is 0.0386. The van der Waals surface area contributed by atoms with Gasteiger partial charge in [0, 0.05) is 25.7 Å². The van der Waals surface area contributed by atoms with Gasteiger partial charge in [-0.05, 0) is 18.2 Å². The van der Waals surface area contributed by atoms with Crippen LogP contribution in [0.1, 0.15) is 0 Å². The van der Waals surface area contributed by atoms with E-state index in [-0.39, 0.29) is 22.3 Å². The monoisotopic (exact) mass is 305 g/mol. The van der Waals surface area contributed by atoms with Crippen LogP contribution in [-0.4, -0.2) is 39.6 Å². The highest BCUT2D eigenvalue weighted by atomic mass is 32.2. The smallest absolute Gasteiger partial charge is 0.278 e. The molecule has 0 aromatic carbocycles. The minimum Gasteiger partial charge on any atom is -0.332 e. The molecule has 0 spiro atoms. The first-order chi connectivity index (χ1) is 9.95. The number of sulfone groups is 1. The Labute approximate surface area is 120 Å². The van der Waals surface area contributed by atoms with Crippen LogP contribution in [0.2, 0.25) is 0 Å². The molecule has 0 fully saturated rings. The summed E-state index contributed by atoms with van der Waals surface area (Å²) >= 11 is 0. The first-order valence-corrected chi connectivity index (χ1v) is 7.83.